The lowest BCUT2D eigenvalue weighted by molar-refractivity contribution is 0.0532. The molecule has 0 bridgehead atoms. The molecular weight excluding hydrogens is 224 g/mol. The van der Waals surface area contributed by atoms with Gasteiger partial charge in [0.25, 0.3) is 0 Å². The number of morpholine rings is 1. The number of halogens is 1. The van der Waals surface area contributed by atoms with Crippen LogP contribution >= 0.6 is 11.6 Å². The minimum Gasteiger partial charge on any atom is -0.375 e. The number of hydrogen-bond acceptors (Lipinski definition) is 3. The smallest absolute Gasteiger partial charge is 0.101 e. The highest BCUT2D eigenvalue weighted by Crippen LogP contribution is 2.25. The maximum Gasteiger partial charge on any atom is 0.101 e. The van der Waals surface area contributed by atoms with Gasteiger partial charge in [-0.2, -0.15) is 5.26 Å². The Hall–Kier alpha value is -1.24. The molecule has 0 aromatic heterocycles. The first kappa shape index (κ1) is 11.3. The van der Waals surface area contributed by atoms with Crippen molar-refractivity contribution < 1.29 is 4.74 Å². The van der Waals surface area contributed by atoms with Crippen LogP contribution in [-0.4, -0.2) is 25.8 Å². The Morgan fingerprint density at radius 3 is 3.06 bits per heavy atom. The number of benzene rings is 1. The monoisotopic (exact) mass is 236 g/mol. The fraction of sp³-hybridized carbons (Fsp3) is 0.417. The molecule has 0 radical (unpaired) electrons. The first-order chi connectivity index (χ1) is 7.70. The van der Waals surface area contributed by atoms with Crippen LogP contribution in [0.1, 0.15) is 12.5 Å². The second-order valence-corrected chi connectivity index (χ2v) is 4.34. The van der Waals surface area contributed by atoms with Crippen molar-refractivity contribution in [3.05, 3.63) is 28.8 Å². The normalized spacial score (nSPS) is 20.6. The standard InChI is InChI=1S/C12H13ClN2O/c1-9-8-15(4-5-16-9)12-3-2-11(13)6-10(12)7-14/h2-3,6,9H,4-5,8H2,1H3. The summed E-state index contributed by atoms with van der Waals surface area (Å²) in [6, 6.07) is 7.61. The van der Waals surface area contributed by atoms with E-state index in [4.69, 9.17) is 21.6 Å². The van der Waals surface area contributed by atoms with E-state index in [2.05, 4.69) is 11.0 Å². The maximum atomic E-state index is 9.07. The van der Waals surface area contributed by atoms with Crippen LogP contribution in [0.4, 0.5) is 5.69 Å². The molecule has 0 saturated carbocycles. The van der Waals surface area contributed by atoms with Crippen molar-refractivity contribution in [2.24, 2.45) is 0 Å². The van der Waals surface area contributed by atoms with Crippen molar-refractivity contribution in [3.8, 4) is 6.07 Å². The van der Waals surface area contributed by atoms with E-state index in [1.807, 2.05) is 19.1 Å². The first-order valence-electron chi connectivity index (χ1n) is 5.27. The van der Waals surface area contributed by atoms with Crippen molar-refractivity contribution in [3.63, 3.8) is 0 Å². The maximum absolute atomic E-state index is 9.07. The van der Waals surface area contributed by atoms with E-state index in [1.165, 1.54) is 0 Å². The third-order valence-electron chi connectivity index (χ3n) is 2.66. The second-order valence-electron chi connectivity index (χ2n) is 3.90. The number of rotatable bonds is 1. The molecule has 1 aliphatic heterocycles. The Kier molecular flexibility index (Phi) is 3.33. The number of hydrogen-bond donors (Lipinski definition) is 0. The molecule has 1 aromatic carbocycles. The molecule has 0 spiro atoms. The molecule has 1 saturated heterocycles. The molecular formula is C12H13ClN2O. The molecule has 3 nitrogen and oxygen atoms in total. The number of ether oxygens (including phenoxy) is 1. The van der Waals surface area contributed by atoms with Gasteiger partial charge >= 0.3 is 0 Å². The number of anilines is 1. The summed E-state index contributed by atoms with van der Waals surface area (Å²) in [7, 11) is 0. The fourth-order valence-corrected chi connectivity index (χ4v) is 2.08. The van der Waals surface area contributed by atoms with Gasteiger partial charge in [-0.15, -0.1) is 0 Å². The molecule has 1 fully saturated rings. The summed E-state index contributed by atoms with van der Waals surface area (Å²) >= 11 is 5.87. The van der Waals surface area contributed by atoms with Crippen molar-refractivity contribution in [1.29, 1.82) is 5.26 Å². The van der Waals surface area contributed by atoms with E-state index >= 15 is 0 Å². The second kappa shape index (κ2) is 4.73. The Morgan fingerprint density at radius 1 is 1.56 bits per heavy atom. The minimum absolute atomic E-state index is 0.205. The van der Waals surface area contributed by atoms with Crippen LogP contribution in [0.15, 0.2) is 18.2 Å². The summed E-state index contributed by atoms with van der Waals surface area (Å²) in [6.45, 7) is 4.37. The van der Waals surface area contributed by atoms with Gasteiger partial charge in [0.05, 0.1) is 24.0 Å². The van der Waals surface area contributed by atoms with Gasteiger partial charge in [-0.1, -0.05) is 11.6 Å². The first-order valence-corrected chi connectivity index (χ1v) is 5.64. The number of nitriles is 1. The highest BCUT2D eigenvalue weighted by atomic mass is 35.5. The van der Waals surface area contributed by atoms with E-state index < -0.39 is 0 Å². The summed E-state index contributed by atoms with van der Waals surface area (Å²) in [6.07, 6.45) is 0.205. The van der Waals surface area contributed by atoms with Crippen LogP contribution in [0, 0.1) is 11.3 Å². The molecule has 4 heteroatoms. The minimum atomic E-state index is 0.205. The van der Waals surface area contributed by atoms with Crippen LogP contribution in [0.25, 0.3) is 0 Å². The number of nitrogens with zero attached hydrogens (tertiary/aromatic N) is 2. The summed E-state index contributed by atoms with van der Waals surface area (Å²) in [5.41, 5.74) is 1.57. The average molecular weight is 237 g/mol. The van der Waals surface area contributed by atoms with Gasteiger partial charge < -0.3 is 9.64 Å². The molecule has 16 heavy (non-hydrogen) atoms. The van der Waals surface area contributed by atoms with Crippen LogP contribution in [-0.2, 0) is 4.74 Å². The molecule has 1 unspecified atom stereocenters. The Morgan fingerprint density at radius 2 is 2.38 bits per heavy atom. The van der Waals surface area contributed by atoms with Crippen LogP contribution in [0.5, 0.6) is 0 Å². The van der Waals surface area contributed by atoms with Gasteiger partial charge in [0, 0.05) is 18.1 Å². The van der Waals surface area contributed by atoms with Gasteiger partial charge in [-0.3, -0.25) is 0 Å². The van der Waals surface area contributed by atoms with Crippen molar-refractivity contribution >= 4 is 17.3 Å². The lowest BCUT2D eigenvalue weighted by Crippen LogP contribution is -2.41. The predicted molar refractivity (Wildman–Crippen MR) is 63.8 cm³/mol. The molecule has 0 amide bonds. The topological polar surface area (TPSA) is 36.3 Å². The fourth-order valence-electron chi connectivity index (χ4n) is 1.91. The molecule has 1 aromatic rings. The van der Waals surface area contributed by atoms with Crippen LogP contribution in [0.2, 0.25) is 5.02 Å². The van der Waals surface area contributed by atoms with E-state index in [9.17, 15) is 0 Å². The lowest BCUT2D eigenvalue weighted by Gasteiger charge is -2.33. The third kappa shape index (κ3) is 2.29. The molecule has 0 N–H and O–H groups in total. The summed E-state index contributed by atoms with van der Waals surface area (Å²) in [5.74, 6) is 0. The van der Waals surface area contributed by atoms with E-state index in [0.717, 1.165) is 18.8 Å². The summed E-state index contributed by atoms with van der Waals surface area (Å²) in [5, 5.41) is 9.67. The quantitative estimate of drug-likeness (QED) is 0.752. The van der Waals surface area contributed by atoms with Gasteiger partial charge in [0.2, 0.25) is 0 Å². The SMILES string of the molecule is CC1CN(c2ccc(Cl)cc2C#N)CCO1. The Bertz CT molecular complexity index is 428. The zero-order chi connectivity index (χ0) is 11.5. The molecule has 0 aliphatic carbocycles. The van der Waals surface area contributed by atoms with E-state index in [1.54, 1.807) is 6.07 Å². The largest absolute Gasteiger partial charge is 0.375 e. The molecule has 84 valence electrons. The van der Waals surface area contributed by atoms with Crippen molar-refractivity contribution in [2.75, 3.05) is 24.6 Å². The molecule has 2 rings (SSSR count). The van der Waals surface area contributed by atoms with Crippen molar-refractivity contribution in [1.82, 2.24) is 0 Å². The zero-order valence-corrected chi connectivity index (χ0v) is 9.87. The highest BCUT2D eigenvalue weighted by Gasteiger charge is 2.19. The van der Waals surface area contributed by atoms with Gasteiger partial charge in [0.15, 0.2) is 0 Å². The van der Waals surface area contributed by atoms with Gasteiger partial charge in [-0.25, -0.2) is 0 Å². The average Bonchev–Trinajstić information content (AvgIpc) is 2.28. The predicted octanol–water partition coefficient (Wildman–Crippen LogP) is 2.44. The van der Waals surface area contributed by atoms with Gasteiger partial charge in [0.1, 0.15) is 6.07 Å². The van der Waals surface area contributed by atoms with E-state index in [-0.39, 0.29) is 6.10 Å². The Labute approximate surface area is 100 Å². The van der Waals surface area contributed by atoms with Gasteiger partial charge in [-0.05, 0) is 25.1 Å². The summed E-state index contributed by atoms with van der Waals surface area (Å²) in [4.78, 5) is 2.17. The van der Waals surface area contributed by atoms with Crippen molar-refractivity contribution in [2.45, 2.75) is 13.0 Å². The Balaban J connectivity index is 2.29. The van der Waals surface area contributed by atoms with Crippen LogP contribution < -0.4 is 4.90 Å². The molecule has 1 atom stereocenters. The third-order valence-corrected chi connectivity index (χ3v) is 2.90. The van der Waals surface area contributed by atoms with E-state index in [0.29, 0.717) is 17.2 Å². The lowest BCUT2D eigenvalue weighted by atomic mass is 10.1. The highest BCUT2D eigenvalue weighted by molar-refractivity contribution is 6.30. The molecule has 1 aliphatic rings. The zero-order valence-electron chi connectivity index (χ0n) is 9.11. The summed E-state index contributed by atoms with van der Waals surface area (Å²) < 4.78 is 5.48. The van der Waals surface area contributed by atoms with Crippen LogP contribution in [0.3, 0.4) is 0 Å². The molecule has 1 heterocycles.